The van der Waals surface area contributed by atoms with Gasteiger partial charge in [-0.1, -0.05) is 32.3 Å². The van der Waals surface area contributed by atoms with E-state index in [1.54, 1.807) is 0 Å². The summed E-state index contributed by atoms with van der Waals surface area (Å²) in [5.41, 5.74) is 0.176. The number of unbranched alkanes of at least 4 members (excludes halogenated alkanes) is 5. The fourth-order valence-electron chi connectivity index (χ4n) is 0.931. The molecule has 0 atom stereocenters. The summed E-state index contributed by atoms with van der Waals surface area (Å²) in [6.07, 6.45) is 6.50. The van der Waals surface area contributed by atoms with E-state index in [1.165, 1.54) is 19.8 Å². The van der Waals surface area contributed by atoms with Crippen LogP contribution >= 0.6 is 0 Å². The van der Waals surface area contributed by atoms with E-state index in [0.717, 1.165) is 25.7 Å². The van der Waals surface area contributed by atoms with Crippen molar-refractivity contribution < 1.29 is 20.1 Å². The first-order valence-corrected chi connectivity index (χ1v) is 5.66. The van der Waals surface area contributed by atoms with Gasteiger partial charge in [0.25, 0.3) is 0 Å². The minimum atomic E-state index is -0.935. The number of aliphatic hydroxyl groups is 2. The first-order valence-electron chi connectivity index (χ1n) is 5.66. The maximum absolute atomic E-state index is 9.60. The SMILES string of the molecule is C=C(C)C(=O)O.OCCCCCCCCO. The molecule has 3 N–H and O–H groups in total. The lowest BCUT2D eigenvalue weighted by Crippen LogP contribution is -1.92. The number of rotatable bonds is 8. The Labute approximate surface area is 97.6 Å². The molecule has 0 unspecified atom stereocenters. The predicted octanol–water partition coefficient (Wildman–Crippen LogP) is 1.96. The van der Waals surface area contributed by atoms with Crippen molar-refractivity contribution in [3.05, 3.63) is 12.2 Å². The fourth-order valence-corrected chi connectivity index (χ4v) is 0.931. The van der Waals surface area contributed by atoms with Crippen LogP contribution in [-0.2, 0) is 4.79 Å². The Balaban J connectivity index is 0. The van der Waals surface area contributed by atoms with Gasteiger partial charge in [-0.25, -0.2) is 4.79 Å². The summed E-state index contributed by atoms with van der Waals surface area (Å²) in [6.45, 7) is 5.24. The molecule has 0 saturated heterocycles. The zero-order valence-corrected chi connectivity index (χ0v) is 10.1. The monoisotopic (exact) mass is 232 g/mol. The molecular formula is C12H24O4. The van der Waals surface area contributed by atoms with Gasteiger partial charge in [-0.2, -0.15) is 0 Å². The lowest BCUT2D eigenvalue weighted by atomic mass is 10.1. The fraction of sp³-hybridized carbons (Fsp3) is 0.750. The summed E-state index contributed by atoms with van der Waals surface area (Å²) < 4.78 is 0. The van der Waals surface area contributed by atoms with Crippen LogP contribution in [0.5, 0.6) is 0 Å². The standard InChI is InChI=1S/C8H18O2.C4H6O2/c9-7-5-3-1-2-4-6-8-10;1-3(2)4(5)6/h9-10H,1-8H2;1H2,2H3,(H,5,6). The average molecular weight is 232 g/mol. The molecule has 96 valence electrons. The molecule has 0 aromatic carbocycles. The molecule has 0 aliphatic rings. The van der Waals surface area contributed by atoms with Crippen LogP contribution in [0.2, 0.25) is 0 Å². The van der Waals surface area contributed by atoms with Crippen LogP contribution in [-0.4, -0.2) is 34.5 Å². The topological polar surface area (TPSA) is 77.8 Å². The minimum absolute atomic E-state index is 0.176. The van der Waals surface area contributed by atoms with Crippen molar-refractivity contribution in [3.8, 4) is 0 Å². The van der Waals surface area contributed by atoms with Crippen LogP contribution in [0.3, 0.4) is 0 Å². The summed E-state index contributed by atoms with van der Waals surface area (Å²) in [5.74, 6) is -0.935. The van der Waals surface area contributed by atoms with Crippen molar-refractivity contribution in [1.29, 1.82) is 0 Å². The highest BCUT2D eigenvalue weighted by atomic mass is 16.4. The smallest absolute Gasteiger partial charge is 0.330 e. The van der Waals surface area contributed by atoms with Crippen LogP contribution in [0.15, 0.2) is 12.2 Å². The van der Waals surface area contributed by atoms with Gasteiger partial charge in [-0.05, 0) is 19.8 Å². The number of carboxylic acid groups (broad SMARTS) is 1. The zero-order valence-electron chi connectivity index (χ0n) is 10.1. The Kier molecular flexibility index (Phi) is 15.5. The third kappa shape index (κ3) is 18.8. The second kappa shape index (κ2) is 14.1. The van der Waals surface area contributed by atoms with Gasteiger partial charge in [0.15, 0.2) is 0 Å². The second-order valence-electron chi connectivity index (χ2n) is 3.65. The van der Waals surface area contributed by atoms with Crippen molar-refractivity contribution in [3.63, 3.8) is 0 Å². The van der Waals surface area contributed by atoms with Crippen LogP contribution in [0.1, 0.15) is 45.4 Å². The highest BCUT2D eigenvalue weighted by Crippen LogP contribution is 2.03. The van der Waals surface area contributed by atoms with Gasteiger partial charge >= 0.3 is 5.97 Å². The quantitative estimate of drug-likeness (QED) is 0.441. The predicted molar refractivity (Wildman–Crippen MR) is 64.3 cm³/mol. The summed E-state index contributed by atoms with van der Waals surface area (Å²) in [5, 5.41) is 24.7. The lowest BCUT2D eigenvalue weighted by molar-refractivity contribution is -0.132. The van der Waals surface area contributed by atoms with E-state index < -0.39 is 5.97 Å². The van der Waals surface area contributed by atoms with Gasteiger partial charge in [0.05, 0.1) is 0 Å². The van der Waals surface area contributed by atoms with Crippen molar-refractivity contribution in [2.75, 3.05) is 13.2 Å². The van der Waals surface area contributed by atoms with Crippen LogP contribution in [0.25, 0.3) is 0 Å². The van der Waals surface area contributed by atoms with Crippen molar-refractivity contribution >= 4 is 5.97 Å². The zero-order chi connectivity index (χ0) is 12.8. The Morgan fingerprint density at radius 2 is 1.19 bits per heavy atom. The number of hydrogen-bond donors (Lipinski definition) is 3. The number of carbonyl (C=O) groups is 1. The minimum Gasteiger partial charge on any atom is -0.478 e. The molecule has 0 aromatic rings. The largest absolute Gasteiger partial charge is 0.478 e. The molecule has 0 aliphatic carbocycles. The molecular weight excluding hydrogens is 208 g/mol. The van der Waals surface area contributed by atoms with Gasteiger partial charge in [0.1, 0.15) is 0 Å². The Bertz CT molecular complexity index is 158. The van der Waals surface area contributed by atoms with E-state index in [2.05, 4.69) is 6.58 Å². The summed E-state index contributed by atoms with van der Waals surface area (Å²) in [4.78, 5) is 9.60. The van der Waals surface area contributed by atoms with Crippen LogP contribution < -0.4 is 0 Å². The highest BCUT2D eigenvalue weighted by Gasteiger charge is 1.90. The molecule has 0 amide bonds. The van der Waals surface area contributed by atoms with Gasteiger partial charge in [-0.3, -0.25) is 0 Å². The number of aliphatic hydroxyl groups excluding tert-OH is 2. The van der Waals surface area contributed by atoms with Gasteiger partial charge in [0.2, 0.25) is 0 Å². The molecule has 0 rings (SSSR count). The third-order valence-electron chi connectivity index (χ3n) is 1.93. The summed E-state index contributed by atoms with van der Waals surface area (Å²) in [7, 11) is 0. The number of aliphatic carboxylic acids is 1. The summed E-state index contributed by atoms with van der Waals surface area (Å²) in [6, 6.07) is 0. The molecule has 4 heteroatoms. The van der Waals surface area contributed by atoms with Crippen molar-refractivity contribution in [2.24, 2.45) is 0 Å². The summed E-state index contributed by atoms with van der Waals surface area (Å²) >= 11 is 0. The molecule has 0 aromatic heterocycles. The second-order valence-corrected chi connectivity index (χ2v) is 3.65. The van der Waals surface area contributed by atoms with Gasteiger partial charge in [-0.15, -0.1) is 0 Å². The van der Waals surface area contributed by atoms with E-state index in [4.69, 9.17) is 15.3 Å². The number of hydrogen-bond acceptors (Lipinski definition) is 3. The molecule has 0 bridgehead atoms. The Hall–Kier alpha value is -0.870. The molecule has 0 spiro atoms. The molecule has 0 radical (unpaired) electrons. The molecule has 0 heterocycles. The first-order chi connectivity index (χ1) is 7.56. The van der Waals surface area contributed by atoms with Crippen molar-refractivity contribution in [1.82, 2.24) is 0 Å². The van der Waals surface area contributed by atoms with E-state index in [0.29, 0.717) is 13.2 Å². The van der Waals surface area contributed by atoms with Gasteiger partial charge < -0.3 is 15.3 Å². The van der Waals surface area contributed by atoms with Crippen LogP contribution in [0, 0.1) is 0 Å². The maximum Gasteiger partial charge on any atom is 0.330 e. The Morgan fingerprint density at radius 1 is 0.938 bits per heavy atom. The van der Waals surface area contributed by atoms with E-state index >= 15 is 0 Å². The normalized spacial score (nSPS) is 9.19. The first kappa shape index (κ1) is 17.5. The highest BCUT2D eigenvalue weighted by molar-refractivity contribution is 5.84. The van der Waals surface area contributed by atoms with E-state index in [1.807, 2.05) is 0 Å². The molecule has 0 saturated carbocycles. The van der Waals surface area contributed by atoms with E-state index in [-0.39, 0.29) is 5.57 Å². The molecule has 0 aliphatic heterocycles. The van der Waals surface area contributed by atoms with Crippen LogP contribution in [0.4, 0.5) is 0 Å². The Morgan fingerprint density at radius 3 is 1.38 bits per heavy atom. The van der Waals surface area contributed by atoms with Crippen molar-refractivity contribution in [2.45, 2.75) is 45.4 Å². The number of carboxylic acids is 1. The lowest BCUT2D eigenvalue weighted by Gasteiger charge is -1.97. The average Bonchev–Trinajstić information content (AvgIpc) is 2.24. The molecule has 0 fully saturated rings. The molecule has 16 heavy (non-hydrogen) atoms. The van der Waals surface area contributed by atoms with E-state index in [9.17, 15) is 4.79 Å². The maximum atomic E-state index is 9.60. The molecule has 4 nitrogen and oxygen atoms in total. The van der Waals surface area contributed by atoms with Gasteiger partial charge in [0, 0.05) is 18.8 Å². The third-order valence-corrected chi connectivity index (χ3v) is 1.93.